The molecule has 128 valence electrons. The van der Waals surface area contributed by atoms with E-state index in [4.69, 9.17) is 32.7 Å². The molecular weight excluding hydrogens is 353 g/mol. The number of aromatic nitrogens is 2. The van der Waals surface area contributed by atoms with Gasteiger partial charge in [0, 0.05) is 25.2 Å². The van der Waals surface area contributed by atoms with Gasteiger partial charge in [0.25, 0.3) is 0 Å². The van der Waals surface area contributed by atoms with Crippen LogP contribution in [0.15, 0.2) is 24.4 Å². The SMILES string of the molecule is COC(=O)c1[nH]ncc1CN1CCO[C@@H](c2ccc(Cl)c(Cl)c2)C1. The van der Waals surface area contributed by atoms with Crippen LogP contribution in [0.5, 0.6) is 0 Å². The molecule has 0 spiro atoms. The third-order valence-electron chi connectivity index (χ3n) is 3.97. The van der Waals surface area contributed by atoms with Crippen LogP contribution in [0.1, 0.15) is 27.7 Å². The van der Waals surface area contributed by atoms with Gasteiger partial charge >= 0.3 is 5.97 Å². The molecule has 24 heavy (non-hydrogen) atoms. The molecule has 1 aliphatic rings. The predicted octanol–water partition coefficient (Wildman–Crippen LogP) is 3.08. The molecule has 0 aliphatic carbocycles. The van der Waals surface area contributed by atoms with Gasteiger partial charge in [-0.1, -0.05) is 29.3 Å². The van der Waals surface area contributed by atoms with E-state index in [-0.39, 0.29) is 6.10 Å². The summed E-state index contributed by atoms with van der Waals surface area (Å²) in [5.74, 6) is -0.420. The second-order valence-electron chi connectivity index (χ2n) is 5.53. The van der Waals surface area contributed by atoms with Gasteiger partial charge in [0.15, 0.2) is 0 Å². The van der Waals surface area contributed by atoms with Crippen molar-refractivity contribution >= 4 is 29.2 Å². The first-order valence-corrected chi connectivity index (χ1v) is 8.23. The zero-order valence-electron chi connectivity index (χ0n) is 13.1. The highest BCUT2D eigenvalue weighted by Gasteiger charge is 2.24. The van der Waals surface area contributed by atoms with Crippen LogP contribution in [0, 0.1) is 0 Å². The lowest BCUT2D eigenvalue weighted by atomic mass is 10.1. The average Bonchev–Trinajstić information content (AvgIpc) is 3.05. The third kappa shape index (κ3) is 3.72. The van der Waals surface area contributed by atoms with E-state index in [9.17, 15) is 4.79 Å². The van der Waals surface area contributed by atoms with Gasteiger partial charge in [0.2, 0.25) is 0 Å². The number of nitrogens with one attached hydrogen (secondary N) is 1. The van der Waals surface area contributed by atoms with Gasteiger partial charge in [0.05, 0.1) is 36.1 Å². The monoisotopic (exact) mass is 369 g/mol. The number of hydrogen-bond acceptors (Lipinski definition) is 5. The molecule has 1 saturated heterocycles. The van der Waals surface area contributed by atoms with Gasteiger partial charge in [-0.05, 0) is 17.7 Å². The molecule has 3 rings (SSSR count). The van der Waals surface area contributed by atoms with Crippen molar-refractivity contribution in [1.82, 2.24) is 15.1 Å². The first-order valence-electron chi connectivity index (χ1n) is 7.48. The maximum absolute atomic E-state index is 11.7. The zero-order valence-corrected chi connectivity index (χ0v) is 14.6. The fraction of sp³-hybridized carbons (Fsp3) is 0.375. The molecule has 1 atom stereocenters. The molecule has 0 unspecified atom stereocenters. The summed E-state index contributed by atoms with van der Waals surface area (Å²) >= 11 is 12.1. The van der Waals surface area contributed by atoms with Crippen LogP contribution in [0.25, 0.3) is 0 Å². The zero-order chi connectivity index (χ0) is 17.1. The van der Waals surface area contributed by atoms with Gasteiger partial charge < -0.3 is 9.47 Å². The van der Waals surface area contributed by atoms with E-state index in [1.807, 2.05) is 12.1 Å². The number of rotatable bonds is 4. The Balaban J connectivity index is 1.71. The van der Waals surface area contributed by atoms with Gasteiger partial charge in [-0.15, -0.1) is 0 Å². The summed E-state index contributed by atoms with van der Waals surface area (Å²) in [4.78, 5) is 13.9. The number of carbonyl (C=O) groups is 1. The Kier molecular flexibility index (Phi) is 5.40. The minimum absolute atomic E-state index is 0.0954. The number of nitrogens with zero attached hydrogens (tertiary/aromatic N) is 2. The summed E-state index contributed by atoms with van der Waals surface area (Å²) in [5.41, 5.74) is 2.17. The molecule has 6 nitrogen and oxygen atoms in total. The van der Waals surface area contributed by atoms with Crippen molar-refractivity contribution in [3.05, 3.63) is 51.3 Å². The Morgan fingerprint density at radius 2 is 2.29 bits per heavy atom. The topological polar surface area (TPSA) is 67.5 Å². The highest BCUT2D eigenvalue weighted by molar-refractivity contribution is 6.42. The van der Waals surface area contributed by atoms with Crippen molar-refractivity contribution < 1.29 is 14.3 Å². The first kappa shape index (κ1) is 17.2. The van der Waals surface area contributed by atoms with E-state index in [1.54, 1.807) is 12.3 Å². The van der Waals surface area contributed by atoms with Gasteiger partial charge in [0.1, 0.15) is 5.69 Å². The van der Waals surface area contributed by atoms with Gasteiger partial charge in [-0.2, -0.15) is 5.10 Å². The standard InChI is InChI=1S/C16H17Cl2N3O3/c1-23-16(22)15-11(7-19-20-15)8-21-4-5-24-14(9-21)10-2-3-12(17)13(18)6-10/h2-3,6-7,14H,4-5,8-9H2,1H3,(H,19,20)/t14-/m1/s1. The molecule has 2 heterocycles. The fourth-order valence-corrected chi connectivity index (χ4v) is 3.02. The molecule has 0 bridgehead atoms. The van der Waals surface area contributed by atoms with Crippen LogP contribution < -0.4 is 0 Å². The first-order chi connectivity index (χ1) is 11.6. The number of aromatic amines is 1. The van der Waals surface area contributed by atoms with Crippen molar-refractivity contribution in [2.45, 2.75) is 12.6 Å². The summed E-state index contributed by atoms with van der Waals surface area (Å²) in [6.45, 7) is 2.63. The minimum Gasteiger partial charge on any atom is -0.464 e. The number of methoxy groups -OCH3 is 1. The number of benzene rings is 1. The largest absolute Gasteiger partial charge is 0.464 e. The van der Waals surface area contributed by atoms with Crippen molar-refractivity contribution in [2.75, 3.05) is 26.8 Å². The Morgan fingerprint density at radius 1 is 1.46 bits per heavy atom. The molecule has 8 heteroatoms. The number of hydrogen-bond donors (Lipinski definition) is 1. The molecule has 0 saturated carbocycles. The molecule has 0 amide bonds. The lowest BCUT2D eigenvalue weighted by Crippen LogP contribution is -2.38. The van der Waals surface area contributed by atoms with E-state index in [0.717, 1.165) is 17.7 Å². The number of morpholine rings is 1. The highest BCUT2D eigenvalue weighted by atomic mass is 35.5. The van der Waals surface area contributed by atoms with Crippen LogP contribution in [0.2, 0.25) is 10.0 Å². The maximum Gasteiger partial charge on any atom is 0.356 e. The molecule has 1 N–H and O–H groups in total. The number of esters is 1. The van der Waals surface area contributed by atoms with E-state index >= 15 is 0 Å². The second kappa shape index (κ2) is 7.53. The minimum atomic E-state index is -0.420. The van der Waals surface area contributed by atoms with E-state index in [0.29, 0.717) is 35.4 Å². The summed E-state index contributed by atoms with van der Waals surface area (Å²) in [5, 5.41) is 7.66. The fourth-order valence-electron chi connectivity index (χ4n) is 2.71. The van der Waals surface area contributed by atoms with Crippen molar-refractivity contribution in [3.63, 3.8) is 0 Å². The van der Waals surface area contributed by atoms with Crippen molar-refractivity contribution in [3.8, 4) is 0 Å². The number of halogens is 2. The second-order valence-corrected chi connectivity index (χ2v) is 6.34. The van der Waals surface area contributed by atoms with E-state index in [1.165, 1.54) is 7.11 Å². The molecule has 0 radical (unpaired) electrons. The Bertz CT molecular complexity index is 735. The lowest BCUT2D eigenvalue weighted by Gasteiger charge is -2.33. The normalized spacial score (nSPS) is 18.5. The van der Waals surface area contributed by atoms with Gasteiger partial charge in [-0.25, -0.2) is 4.79 Å². The van der Waals surface area contributed by atoms with Crippen molar-refractivity contribution in [2.24, 2.45) is 0 Å². The average molecular weight is 370 g/mol. The van der Waals surface area contributed by atoms with Crippen LogP contribution in [-0.2, 0) is 16.0 Å². The summed E-state index contributed by atoms with van der Waals surface area (Å²) in [6.07, 6.45) is 1.55. The number of ether oxygens (including phenoxy) is 2. The number of H-pyrrole nitrogens is 1. The van der Waals surface area contributed by atoms with Crippen LogP contribution in [0.3, 0.4) is 0 Å². The van der Waals surface area contributed by atoms with E-state index < -0.39 is 5.97 Å². The molecule has 1 aliphatic heterocycles. The summed E-state index contributed by atoms with van der Waals surface area (Å²) < 4.78 is 10.6. The lowest BCUT2D eigenvalue weighted by molar-refractivity contribution is -0.0330. The van der Waals surface area contributed by atoms with Crippen LogP contribution >= 0.6 is 23.2 Å². The Hall–Kier alpha value is -1.60. The predicted molar refractivity (Wildman–Crippen MR) is 90.4 cm³/mol. The van der Waals surface area contributed by atoms with Crippen molar-refractivity contribution in [1.29, 1.82) is 0 Å². The Labute approximate surface area is 149 Å². The molecular formula is C16H17Cl2N3O3. The molecule has 1 aromatic carbocycles. The smallest absolute Gasteiger partial charge is 0.356 e. The van der Waals surface area contributed by atoms with Crippen LogP contribution in [0.4, 0.5) is 0 Å². The highest BCUT2D eigenvalue weighted by Crippen LogP contribution is 2.29. The van der Waals surface area contributed by atoms with Crippen LogP contribution in [-0.4, -0.2) is 47.9 Å². The quantitative estimate of drug-likeness (QED) is 0.838. The molecule has 1 aromatic heterocycles. The molecule has 1 fully saturated rings. The van der Waals surface area contributed by atoms with Gasteiger partial charge in [-0.3, -0.25) is 10.00 Å². The third-order valence-corrected chi connectivity index (χ3v) is 4.71. The Morgan fingerprint density at radius 3 is 3.04 bits per heavy atom. The summed E-state index contributed by atoms with van der Waals surface area (Å²) in [7, 11) is 1.35. The molecule has 2 aromatic rings. The summed E-state index contributed by atoms with van der Waals surface area (Å²) in [6, 6.07) is 5.52. The van der Waals surface area contributed by atoms with E-state index in [2.05, 4.69) is 15.1 Å². The number of carbonyl (C=O) groups excluding carboxylic acids is 1. The maximum atomic E-state index is 11.7.